The molecule has 3 rings (SSSR count). The number of pyridine rings is 1. The summed E-state index contributed by atoms with van der Waals surface area (Å²) in [5.74, 6) is 0.844. The third kappa shape index (κ3) is 3.44. The highest BCUT2D eigenvalue weighted by atomic mass is 16.1. The Hall–Kier alpha value is -2.37. The van der Waals surface area contributed by atoms with E-state index in [9.17, 15) is 4.79 Å². The summed E-state index contributed by atoms with van der Waals surface area (Å²) in [5.41, 5.74) is 1.93. The van der Waals surface area contributed by atoms with Gasteiger partial charge in [-0.15, -0.1) is 0 Å². The van der Waals surface area contributed by atoms with Gasteiger partial charge in [-0.1, -0.05) is 0 Å². The summed E-state index contributed by atoms with van der Waals surface area (Å²) in [6, 6.07) is 7.74. The van der Waals surface area contributed by atoms with Gasteiger partial charge in [0.2, 0.25) is 0 Å². The number of aryl methyl sites for hydroxylation is 1. The van der Waals surface area contributed by atoms with Crippen molar-refractivity contribution in [2.75, 3.05) is 23.3 Å². The topological polar surface area (TPSA) is 73.9 Å². The van der Waals surface area contributed by atoms with Crippen LogP contribution in [-0.4, -0.2) is 34.3 Å². The van der Waals surface area contributed by atoms with Crippen molar-refractivity contribution in [2.24, 2.45) is 0 Å². The third-order valence-corrected chi connectivity index (χ3v) is 4.02. The van der Waals surface area contributed by atoms with E-state index in [-0.39, 0.29) is 5.56 Å². The molecular weight excluding hydrogens is 278 g/mol. The van der Waals surface area contributed by atoms with Gasteiger partial charge < -0.3 is 10.2 Å². The Morgan fingerprint density at radius 2 is 2.27 bits per heavy atom. The van der Waals surface area contributed by atoms with Crippen LogP contribution in [0, 0.1) is 6.92 Å². The van der Waals surface area contributed by atoms with Crippen LogP contribution in [0.5, 0.6) is 0 Å². The Bertz CT molecular complexity index is 664. The molecule has 1 aliphatic rings. The van der Waals surface area contributed by atoms with Gasteiger partial charge in [-0.05, 0) is 44.4 Å². The van der Waals surface area contributed by atoms with Crippen LogP contribution < -0.4 is 15.8 Å². The maximum absolute atomic E-state index is 11.2. The van der Waals surface area contributed by atoms with E-state index in [1.54, 1.807) is 6.07 Å². The van der Waals surface area contributed by atoms with Crippen molar-refractivity contribution >= 4 is 11.5 Å². The molecule has 2 aromatic heterocycles. The Morgan fingerprint density at radius 3 is 3.05 bits per heavy atom. The number of rotatable bonds is 4. The summed E-state index contributed by atoms with van der Waals surface area (Å²) in [6.07, 6.45) is 5.32. The first-order valence-electron chi connectivity index (χ1n) is 7.71. The molecular formula is C16H21N5O. The molecule has 6 nitrogen and oxygen atoms in total. The zero-order chi connectivity index (χ0) is 15.4. The van der Waals surface area contributed by atoms with Gasteiger partial charge in [0, 0.05) is 42.8 Å². The molecule has 2 aromatic rings. The van der Waals surface area contributed by atoms with Crippen LogP contribution in [0.15, 0.2) is 35.3 Å². The molecule has 1 fully saturated rings. The zero-order valence-corrected chi connectivity index (χ0v) is 12.7. The number of hydrogen-bond acceptors (Lipinski definition) is 5. The number of aromatic nitrogens is 3. The lowest BCUT2D eigenvalue weighted by molar-refractivity contribution is 0.467. The van der Waals surface area contributed by atoms with Gasteiger partial charge in [-0.25, -0.2) is 5.10 Å². The summed E-state index contributed by atoms with van der Waals surface area (Å²) in [6.45, 7) is 3.81. The lowest BCUT2D eigenvalue weighted by Crippen LogP contribution is -2.44. The number of aromatic amines is 1. The van der Waals surface area contributed by atoms with Crippen molar-refractivity contribution in [3.63, 3.8) is 0 Å². The van der Waals surface area contributed by atoms with E-state index >= 15 is 0 Å². The molecule has 116 valence electrons. The number of nitrogens with zero attached hydrogens (tertiary/aromatic N) is 3. The Morgan fingerprint density at radius 1 is 1.36 bits per heavy atom. The average Bonchev–Trinajstić information content (AvgIpc) is 2.54. The molecule has 0 saturated carbocycles. The van der Waals surface area contributed by atoms with Crippen LogP contribution in [0.4, 0.5) is 11.5 Å². The van der Waals surface area contributed by atoms with Crippen molar-refractivity contribution in [3.8, 4) is 0 Å². The van der Waals surface area contributed by atoms with Crippen molar-refractivity contribution in [1.82, 2.24) is 15.2 Å². The standard InChI is InChI=1S/C16H21N5O/c1-12-10-13(7-8-17-12)18-11-14-4-2-3-9-21(14)15-5-6-16(22)20-19-15/h5-8,10,14H,2-4,9,11H2,1H3,(H,17,18)(H,20,22). The molecule has 6 heteroatoms. The van der Waals surface area contributed by atoms with E-state index in [4.69, 9.17) is 0 Å². The van der Waals surface area contributed by atoms with E-state index in [2.05, 4.69) is 25.4 Å². The van der Waals surface area contributed by atoms with Crippen LogP contribution in [0.2, 0.25) is 0 Å². The van der Waals surface area contributed by atoms with Crippen molar-refractivity contribution in [2.45, 2.75) is 32.2 Å². The minimum Gasteiger partial charge on any atom is -0.383 e. The van der Waals surface area contributed by atoms with E-state index in [1.807, 2.05) is 25.3 Å². The van der Waals surface area contributed by atoms with Crippen LogP contribution in [0.3, 0.4) is 0 Å². The molecule has 0 aliphatic carbocycles. The Balaban J connectivity index is 1.70. The average molecular weight is 299 g/mol. The van der Waals surface area contributed by atoms with Gasteiger partial charge >= 0.3 is 0 Å². The van der Waals surface area contributed by atoms with Crippen LogP contribution in [0.25, 0.3) is 0 Å². The second-order valence-corrected chi connectivity index (χ2v) is 5.69. The molecule has 1 atom stereocenters. The minimum atomic E-state index is -0.164. The summed E-state index contributed by atoms with van der Waals surface area (Å²) in [7, 11) is 0. The maximum Gasteiger partial charge on any atom is 0.264 e. The monoisotopic (exact) mass is 299 g/mol. The number of nitrogens with one attached hydrogen (secondary N) is 2. The molecule has 0 spiro atoms. The quantitative estimate of drug-likeness (QED) is 0.902. The molecule has 3 heterocycles. The van der Waals surface area contributed by atoms with Crippen molar-refractivity contribution < 1.29 is 0 Å². The third-order valence-electron chi connectivity index (χ3n) is 4.02. The molecule has 1 saturated heterocycles. The molecule has 1 unspecified atom stereocenters. The second-order valence-electron chi connectivity index (χ2n) is 5.69. The maximum atomic E-state index is 11.2. The van der Waals surface area contributed by atoms with Gasteiger partial charge in [-0.2, -0.15) is 5.10 Å². The van der Waals surface area contributed by atoms with Crippen LogP contribution >= 0.6 is 0 Å². The summed E-state index contributed by atoms with van der Waals surface area (Å²) in [4.78, 5) is 17.7. The zero-order valence-electron chi connectivity index (χ0n) is 12.7. The van der Waals surface area contributed by atoms with E-state index in [1.165, 1.54) is 12.5 Å². The largest absolute Gasteiger partial charge is 0.383 e. The van der Waals surface area contributed by atoms with Crippen molar-refractivity contribution in [3.05, 3.63) is 46.5 Å². The molecule has 0 bridgehead atoms. The van der Waals surface area contributed by atoms with Gasteiger partial charge in [0.25, 0.3) is 5.56 Å². The SMILES string of the molecule is Cc1cc(NCC2CCCCN2c2ccc(=O)[nH]n2)ccn1. The molecule has 0 radical (unpaired) electrons. The number of hydrogen-bond donors (Lipinski definition) is 2. The lowest BCUT2D eigenvalue weighted by atomic mass is 10.0. The Kier molecular flexibility index (Phi) is 4.37. The second kappa shape index (κ2) is 6.60. The van der Waals surface area contributed by atoms with Crippen LogP contribution in [0.1, 0.15) is 25.0 Å². The summed E-state index contributed by atoms with van der Waals surface area (Å²) >= 11 is 0. The van der Waals surface area contributed by atoms with Gasteiger partial charge in [0.05, 0.1) is 0 Å². The normalized spacial score (nSPS) is 18.2. The highest BCUT2D eigenvalue weighted by molar-refractivity contribution is 5.45. The highest BCUT2D eigenvalue weighted by Gasteiger charge is 2.23. The Labute approximate surface area is 129 Å². The number of anilines is 2. The van der Waals surface area contributed by atoms with Crippen molar-refractivity contribution in [1.29, 1.82) is 0 Å². The first kappa shape index (κ1) is 14.6. The predicted octanol–water partition coefficient (Wildman–Crippen LogP) is 1.94. The summed E-state index contributed by atoms with van der Waals surface area (Å²) < 4.78 is 0. The van der Waals surface area contributed by atoms with E-state index < -0.39 is 0 Å². The molecule has 1 aliphatic heterocycles. The fourth-order valence-electron chi connectivity index (χ4n) is 2.90. The summed E-state index contributed by atoms with van der Waals surface area (Å²) in [5, 5.41) is 10.2. The first-order valence-corrected chi connectivity index (χ1v) is 7.71. The van der Waals surface area contributed by atoms with Gasteiger partial charge in [0.1, 0.15) is 5.82 Å². The van der Waals surface area contributed by atoms with Gasteiger partial charge in [0.15, 0.2) is 0 Å². The lowest BCUT2D eigenvalue weighted by Gasteiger charge is -2.36. The molecule has 2 N–H and O–H groups in total. The fraction of sp³-hybridized carbons (Fsp3) is 0.438. The van der Waals surface area contributed by atoms with Gasteiger partial charge in [-0.3, -0.25) is 9.78 Å². The number of piperidine rings is 1. The number of H-pyrrole nitrogens is 1. The molecule has 0 amide bonds. The fourth-order valence-corrected chi connectivity index (χ4v) is 2.90. The molecule has 0 aromatic carbocycles. The minimum absolute atomic E-state index is 0.164. The van der Waals surface area contributed by atoms with E-state index in [0.29, 0.717) is 6.04 Å². The predicted molar refractivity (Wildman–Crippen MR) is 87.3 cm³/mol. The molecule has 22 heavy (non-hydrogen) atoms. The first-order chi connectivity index (χ1) is 10.7. The smallest absolute Gasteiger partial charge is 0.264 e. The van der Waals surface area contributed by atoms with E-state index in [0.717, 1.165) is 43.1 Å². The van der Waals surface area contributed by atoms with Crippen LogP contribution in [-0.2, 0) is 0 Å². The highest BCUT2D eigenvalue weighted by Crippen LogP contribution is 2.22.